The van der Waals surface area contributed by atoms with Gasteiger partial charge in [-0.1, -0.05) is 55.5 Å². The molecule has 1 fully saturated rings. The number of nitrogens with zero attached hydrogens (tertiary/aromatic N) is 3. The van der Waals surface area contributed by atoms with Crippen LogP contribution >= 0.6 is 12.4 Å². The van der Waals surface area contributed by atoms with E-state index in [-0.39, 0.29) is 19.0 Å². The molecule has 1 aliphatic rings. The molecule has 5 heteroatoms. The lowest BCUT2D eigenvalue weighted by atomic mass is 10.0. The molecule has 1 N–H and O–H groups in total. The fourth-order valence-corrected chi connectivity index (χ4v) is 3.63. The first-order valence-corrected chi connectivity index (χ1v) is 9.35. The summed E-state index contributed by atoms with van der Waals surface area (Å²) in [5, 5.41) is 11.7. The normalized spacial score (nSPS) is 15.0. The van der Waals surface area contributed by atoms with E-state index in [1.807, 2.05) is 24.3 Å². The van der Waals surface area contributed by atoms with Crippen LogP contribution in [-0.2, 0) is 6.61 Å². The Labute approximate surface area is 166 Å². The second kappa shape index (κ2) is 8.70. The maximum absolute atomic E-state index is 9.27. The summed E-state index contributed by atoms with van der Waals surface area (Å²) in [7, 11) is 0. The van der Waals surface area contributed by atoms with E-state index in [1.54, 1.807) is 0 Å². The number of aromatic nitrogens is 1. The van der Waals surface area contributed by atoms with Crippen molar-refractivity contribution >= 4 is 29.0 Å². The first kappa shape index (κ1) is 19.6. The number of halogens is 1. The Bertz CT molecular complexity index is 890. The largest absolute Gasteiger partial charge is 0.392 e. The Morgan fingerprint density at radius 1 is 0.963 bits per heavy atom. The van der Waals surface area contributed by atoms with Gasteiger partial charge in [0.05, 0.1) is 12.3 Å². The molecule has 0 amide bonds. The number of hydrogen-bond donors (Lipinski definition) is 1. The number of piperazine rings is 1. The quantitative estimate of drug-likeness (QED) is 0.740. The number of hydrogen-bond acceptors (Lipinski definition) is 4. The molecule has 2 heterocycles. The Morgan fingerprint density at radius 2 is 1.67 bits per heavy atom. The number of pyridine rings is 1. The fourth-order valence-electron chi connectivity index (χ4n) is 3.63. The number of aliphatic hydroxyl groups is 1. The lowest BCUT2D eigenvalue weighted by Crippen LogP contribution is -2.46. The zero-order valence-corrected chi connectivity index (χ0v) is 16.5. The molecule has 4 rings (SSSR count). The van der Waals surface area contributed by atoms with E-state index in [4.69, 9.17) is 4.98 Å². The zero-order valence-electron chi connectivity index (χ0n) is 15.6. The van der Waals surface area contributed by atoms with Crippen LogP contribution in [0.25, 0.3) is 22.0 Å². The Balaban J connectivity index is 0.00000210. The van der Waals surface area contributed by atoms with Gasteiger partial charge in [-0.25, -0.2) is 4.98 Å². The first-order chi connectivity index (χ1) is 12.8. The summed E-state index contributed by atoms with van der Waals surface area (Å²) in [4.78, 5) is 9.95. The maximum Gasteiger partial charge on any atom is 0.137 e. The number of likely N-dealkylation sites (N-methyl/N-ethyl adjacent to an activating group) is 1. The molecule has 0 saturated carbocycles. The van der Waals surface area contributed by atoms with Crippen molar-refractivity contribution in [1.82, 2.24) is 9.88 Å². The van der Waals surface area contributed by atoms with E-state index in [9.17, 15) is 5.11 Å². The fraction of sp³-hybridized carbons (Fsp3) is 0.318. The van der Waals surface area contributed by atoms with Gasteiger partial charge in [-0.2, -0.15) is 0 Å². The van der Waals surface area contributed by atoms with Crippen LogP contribution in [-0.4, -0.2) is 47.7 Å². The van der Waals surface area contributed by atoms with Gasteiger partial charge in [-0.15, -0.1) is 12.4 Å². The van der Waals surface area contributed by atoms with Crippen LogP contribution in [0.1, 0.15) is 12.5 Å². The van der Waals surface area contributed by atoms with Crippen LogP contribution in [0, 0.1) is 0 Å². The number of anilines is 1. The molecule has 142 valence electrons. The van der Waals surface area contributed by atoms with Crippen molar-refractivity contribution in [1.29, 1.82) is 0 Å². The van der Waals surface area contributed by atoms with Crippen LogP contribution in [0.3, 0.4) is 0 Å². The smallest absolute Gasteiger partial charge is 0.137 e. The summed E-state index contributed by atoms with van der Waals surface area (Å²) in [5.74, 6) is 1.08. The van der Waals surface area contributed by atoms with E-state index >= 15 is 0 Å². The lowest BCUT2D eigenvalue weighted by Gasteiger charge is -2.35. The number of aliphatic hydroxyl groups excluding tert-OH is 1. The predicted molar refractivity (Wildman–Crippen MR) is 115 cm³/mol. The Kier molecular flexibility index (Phi) is 6.32. The second-order valence-corrected chi connectivity index (χ2v) is 6.83. The van der Waals surface area contributed by atoms with Crippen LogP contribution < -0.4 is 4.90 Å². The summed E-state index contributed by atoms with van der Waals surface area (Å²) in [5.41, 5.74) is 2.99. The summed E-state index contributed by atoms with van der Waals surface area (Å²) < 4.78 is 0. The van der Waals surface area contributed by atoms with Gasteiger partial charge in [0.1, 0.15) is 5.82 Å². The van der Waals surface area contributed by atoms with Gasteiger partial charge >= 0.3 is 0 Å². The molecule has 2 aromatic carbocycles. The molecule has 0 radical (unpaired) electrons. The number of fused-ring (bicyclic) bond motifs is 1. The average molecular weight is 384 g/mol. The van der Waals surface area contributed by atoms with Gasteiger partial charge in [0.15, 0.2) is 0 Å². The SMILES string of the molecule is CCN1CCN(c2nc(-c3ccc(CO)cc3)cc3ccccc23)CC1.Cl. The molecule has 0 bridgehead atoms. The molecule has 0 unspecified atom stereocenters. The molecule has 1 aliphatic heterocycles. The molecule has 1 saturated heterocycles. The minimum absolute atomic E-state index is 0. The monoisotopic (exact) mass is 383 g/mol. The molecule has 1 aromatic heterocycles. The average Bonchev–Trinajstić information content (AvgIpc) is 2.73. The molecule has 4 nitrogen and oxygen atoms in total. The van der Waals surface area contributed by atoms with E-state index in [2.05, 4.69) is 47.1 Å². The van der Waals surface area contributed by atoms with Crippen LogP contribution in [0.15, 0.2) is 54.6 Å². The molecule has 27 heavy (non-hydrogen) atoms. The number of benzene rings is 2. The lowest BCUT2D eigenvalue weighted by molar-refractivity contribution is 0.271. The van der Waals surface area contributed by atoms with E-state index in [0.717, 1.165) is 55.4 Å². The third-order valence-corrected chi connectivity index (χ3v) is 5.27. The Hall–Kier alpha value is -2.14. The van der Waals surface area contributed by atoms with Crippen molar-refractivity contribution in [3.8, 4) is 11.3 Å². The maximum atomic E-state index is 9.27. The van der Waals surface area contributed by atoms with Gasteiger partial charge < -0.3 is 14.9 Å². The van der Waals surface area contributed by atoms with Gasteiger partial charge in [0, 0.05) is 37.1 Å². The van der Waals surface area contributed by atoms with Crippen molar-refractivity contribution in [2.45, 2.75) is 13.5 Å². The van der Waals surface area contributed by atoms with E-state index in [1.165, 1.54) is 10.8 Å². The third-order valence-electron chi connectivity index (χ3n) is 5.27. The van der Waals surface area contributed by atoms with Gasteiger partial charge in [0.2, 0.25) is 0 Å². The van der Waals surface area contributed by atoms with Gasteiger partial charge in [-0.3, -0.25) is 0 Å². The summed E-state index contributed by atoms with van der Waals surface area (Å²) in [6.07, 6.45) is 0. The second-order valence-electron chi connectivity index (χ2n) is 6.83. The summed E-state index contributed by atoms with van der Waals surface area (Å²) >= 11 is 0. The zero-order chi connectivity index (χ0) is 17.9. The molecule has 0 spiro atoms. The van der Waals surface area contributed by atoms with Crippen molar-refractivity contribution < 1.29 is 5.11 Å². The topological polar surface area (TPSA) is 39.6 Å². The summed E-state index contributed by atoms with van der Waals surface area (Å²) in [6.45, 7) is 7.59. The van der Waals surface area contributed by atoms with Crippen molar-refractivity contribution in [2.75, 3.05) is 37.6 Å². The Morgan fingerprint density at radius 3 is 2.33 bits per heavy atom. The van der Waals surface area contributed by atoms with Crippen molar-refractivity contribution in [3.63, 3.8) is 0 Å². The highest BCUT2D eigenvalue weighted by atomic mass is 35.5. The molecular weight excluding hydrogens is 358 g/mol. The molecule has 3 aromatic rings. The van der Waals surface area contributed by atoms with Crippen LogP contribution in [0.4, 0.5) is 5.82 Å². The van der Waals surface area contributed by atoms with Gasteiger partial charge in [-0.05, 0) is 23.6 Å². The molecule has 0 atom stereocenters. The third kappa shape index (κ3) is 4.08. The molecular formula is C22H26ClN3O. The highest BCUT2D eigenvalue weighted by Crippen LogP contribution is 2.30. The standard InChI is InChI=1S/C22H25N3O.ClH/c1-2-24-11-13-25(14-12-24)22-20-6-4-3-5-19(20)15-21(23-22)18-9-7-17(16-26)8-10-18;/h3-10,15,26H,2,11-14,16H2,1H3;1H. The van der Waals surface area contributed by atoms with E-state index < -0.39 is 0 Å². The first-order valence-electron chi connectivity index (χ1n) is 9.35. The van der Waals surface area contributed by atoms with Gasteiger partial charge in [0.25, 0.3) is 0 Å². The van der Waals surface area contributed by atoms with E-state index in [0.29, 0.717) is 0 Å². The highest BCUT2D eigenvalue weighted by molar-refractivity contribution is 5.95. The van der Waals surface area contributed by atoms with Crippen LogP contribution in [0.2, 0.25) is 0 Å². The minimum atomic E-state index is 0. The molecule has 0 aliphatic carbocycles. The predicted octanol–water partition coefficient (Wildman–Crippen LogP) is 3.96. The van der Waals surface area contributed by atoms with Crippen molar-refractivity contribution in [2.24, 2.45) is 0 Å². The summed E-state index contributed by atoms with van der Waals surface area (Å²) in [6, 6.07) is 18.7. The highest BCUT2D eigenvalue weighted by Gasteiger charge is 2.19. The minimum Gasteiger partial charge on any atom is -0.392 e. The van der Waals surface area contributed by atoms with Crippen molar-refractivity contribution in [3.05, 3.63) is 60.2 Å². The number of rotatable bonds is 4. The van der Waals surface area contributed by atoms with Crippen LogP contribution in [0.5, 0.6) is 0 Å².